The van der Waals surface area contributed by atoms with Crippen LogP contribution in [-0.4, -0.2) is 47.6 Å². The highest BCUT2D eigenvalue weighted by atomic mass is 32.2. The summed E-state index contributed by atoms with van der Waals surface area (Å²) in [5, 5.41) is 0. The fourth-order valence-corrected chi connectivity index (χ4v) is 3.78. The van der Waals surface area contributed by atoms with E-state index in [1.54, 1.807) is 0 Å². The van der Waals surface area contributed by atoms with Crippen LogP contribution in [0.2, 0.25) is 0 Å². The van der Waals surface area contributed by atoms with Crippen LogP contribution in [0, 0.1) is 0 Å². The Balaban J connectivity index is 1.58. The first kappa shape index (κ1) is 13.3. The summed E-state index contributed by atoms with van der Waals surface area (Å²) in [6.45, 7) is 5.87. The van der Waals surface area contributed by atoms with Crippen molar-refractivity contribution in [2.45, 2.75) is 25.8 Å². The molecule has 0 N–H and O–H groups in total. The van der Waals surface area contributed by atoms with E-state index in [-0.39, 0.29) is 0 Å². The second kappa shape index (κ2) is 6.62. The molecule has 2 aliphatic rings. The molecule has 0 amide bonds. The van der Waals surface area contributed by atoms with E-state index in [9.17, 15) is 0 Å². The molecule has 1 aromatic rings. The largest absolute Gasteiger partial charge is 0.357 e. The van der Waals surface area contributed by atoms with E-state index >= 15 is 0 Å². The zero-order valence-electron chi connectivity index (χ0n) is 11.6. The first-order valence-electron chi connectivity index (χ1n) is 7.42. The molecule has 0 spiro atoms. The van der Waals surface area contributed by atoms with Crippen molar-refractivity contribution in [2.75, 3.05) is 42.6 Å². The molecule has 104 valence electrons. The van der Waals surface area contributed by atoms with Crippen LogP contribution in [0.25, 0.3) is 0 Å². The molecule has 2 fully saturated rings. The molecule has 3 rings (SSSR count). The van der Waals surface area contributed by atoms with Gasteiger partial charge in [-0.05, 0) is 43.2 Å². The Morgan fingerprint density at radius 2 is 1.89 bits per heavy atom. The van der Waals surface area contributed by atoms with E-state index in [2.05, 4.69) is 44.9 Å². The maximum atomic E-state index is 4.64. The summed E-state index contributed by atoms with van der Waals surface area (Å²) in [7, 11) is 0. The maximum Gasteiger partial charge on any atom is 0.128 e. The predicted octanol–water partition coefficient (Wildman–Crippen LogP) is 2.62. The van der Waals surface area contributed by atoms with E-state index in [1.165, 1.54) is 62.5 Å². The monoisotopic (exact) mass is 277 g/mol. The Hall–Kier alpha value is -0.740. The molecule has 0 bridgehead atoms. The minimum atomic E-state index is 1.06. The Labute approximate surface area is 120 Å². The first-order valence-corrected chi connectivity index (χ1v) is 8.57. The van der Waals surface area contributed by atoms with Gasteiger partial charge in [-0.2, -0.15) is 11.8 Å². The lowest BCUT2D eigenvalue weighted by Crippen LogP contribution is -2.25. The van der Waals surface area contributed by atoms with E-state index in [1.807, 2.05) is 0 Å². The van der Waals surface area contributed by atoms with Gasteiger partial charge in [0.2, 0.25) is 0 Å². The molecule has 2 aliphatic heterocycles. The molecule has 0 unspecified atom stereocenters. The number of anilines is 1. The van der Waals surface area contributed by atoms with Crippen LogP contribution < -0.4 is 4.90 Å². The Kier molecular flexibility index (Phi) is 4.62. The highest BCUT2D eigenvalue weighted by molar-refractivity contribution is 7.99. The normalized spacial score (nSPS) is 21.6. The SMILES string of the molecule is c1cc(N2CCCC2)ncc1CN1CCCSCC1. The van der Waals surface area contributed by atoms with Gasteiger partial charge in [-0.1, -0.05) is 6.07 Å². The average molecular weight is 277 g/mol. The van der Waals surface area contributed by atoms with Crippen molar-refractivity contribution in [3.8, 4) is 0 Å². The molecule has 0 saturated carbocycles. The summed E-state index contributed by atoms with van der Waals surface area (Å²) in [5.74, 6) is 3.76. The lowest BCUT2D eigenvalue weighted by molar-refractivity contribution is 0.287. The second-order valence-corrected chi connectivity index (χ2v) is 6.69. The van der Waals surface area contributed by atoms with Gasteiger partial charge >= 0.3 is 0 Å². The lowest BCUT2D eigenvalue weighted by atomic mass is 10.2. The number of pyridine rings is 1. The van der Waals surface area contributed by atoms with Crippen molar-refractivity contribution in [3.05, 3.63) is 23.9 Å². The lowest BCUT2D eigenvalue weighted by Gasteiger charge is -2.20. The summed E-state index contributed by atoms with van der Waals surface area (Å²) in [5.41, 5.74) is 1.36. The minimum absolute atomic E-state index is 1.06. The summed E-state index contributed by atoms with van der Waals surface area (Å²) in [6.07, 6.45) is 6.03. The van der Waals surface area contributed by atoms with Gasteiger partial charge in [-0.25, -0.2) is 4.98 Å². The van der Waals surface area contributed by atoms with Crippen molar-refractivity contribution >= 4 is 17.6 Å². The van der Waals surface area contributed by atoms with E-state index in [0.29, 0.717) is 0 Å². The van der Waals surface area contributed by atoms with Crippen LogP contribution in [0.3, 0.4) is 0 Å². The molecule has 4 heteroatoms. The third-order valence-corrected chi connectivity index (χ3v) is 5.01. The molecule has 19 heavy (non-hydrogen) atoms. The highest BCUT2D eigenvalue weighted by Gasteiger charge is 2.14. The summed E-state index contributed by atoms with van der Waals surface area (Å²) >= 11 is 2.09. The second-order valence-electron chi connectivity index (χ2n) is 5.46. The van der Waals surface area contributed by atoms with Crippen LogP contribution in [-0.2, 0) is 6.54 Å². The van der Waals surface area contributed by atoms with Crippen molar-refractivity contribution < 1.29 is 0 Å². The van der Waals surface area contributed by atoms with E-state index in [0.717, 1.165) is 12.4 Å². The maximum absolute atomic E-state index is 4.64. The standard InChI is InChI=1S/C15H23N3S/c1-2-8-18(7-1)15-5-4-14(12-16-15)13-17-6-3-10-19-11-9-17/h4-5,12H,1-3,6-11,13H2. The molecule has 0 aromatic carbocycles. The van der Waals surface area contributed by atoms with Gasteiger partial charge in [0.25, 0.3) is 0 Å². The van der Waals surface area contributed by atoms with Gasteiger partial charge in [0, 0.05) is 38.1 Å². The number of rotatable bonds is 3. The van der Waals surface area contributed by atoms with Gasteiger partial charge in [-0.15, -0.1) is 0 Å². The molecule has 0 radical (unpaired) electrons. The van der Waals surface area contributed by atoms with Crippen LogP contribution in [0.5, 0.6) is 0 Å². The van der Waals surface area contributed by atoms with Gasteiger partial charge < -0.3 is 4.90 Å². The summed E-state index contributed by atoms with van der Waals surface area (Å²) in [4.78, 5) is 9.60. The van der Waals surface area contributed by atoms with Gasteiger partial charge in [0.15, 0.2) is 0 Å². The molecule has 0 aliphatic carbocycles. The van der Waals surface area contributed by atoms with E-state index in [4.69, 9.17) is 0 Å². The number of hydrogen-bond donors (Lipinski definition) is 0. The Bertz CT molecular complexity index is 379. The Morgan fingerprint density at radius 3 is 2.68 bits per heavy atom. The number of nitrogens with zero attached hydrogens (tertiary/aromatic N) is 3. The molecule has 3 heterocycles. The smallest absolute Gasteiger partial charge is 0.128 e. The zero-order chi connectivity index (χ0) is 12.9. The van der Waals surface area contributed by atoms with Crippen LogP contribution in [0.15, 0.2) is 18.3 Å². The molecule has 1 aromatic heterocycles. The van der Waals surface area contributed by atoms with Crippen LogP contribution >= 0.6 is 11.8 Å². The number of aromatic nitrogens is 1. The molecule has 3 nitrogen and oxygen atoms in total. The minimum Gasteiger partial charge on any atom is -0.357 e. The van der Waals surface area contributed by atoms with Crippen molar-refractivity contribution in [1.82, 2.24) is 9.88 Å². The van der Waals surface area contributed by atoms with Crippen molar-refractivity contribution in [2.24, 2.45) is 0 Å². The van der Waals surface area contributed by atoms with Crippen LogP contribution in [0.4, 0.5) is 5.82 Å². The fraction of sp³-hybridized carbons (Fsp3) is 0.667. The van der Waals surface area contributed by atoms with Crippen molar-refractivity contribution in [1.29, 1.82) is 0 Å². The van der Waals surface area contributed by atoms with Crippen LogP contribution in [0.1, 0.15) is 24.8 Å². The average Bonchev–Trinajstić information content (AvgIpc) is 2.86. The highest BCUT2D eigenvalue weighted by Crippen LogP contribution is 2.18. The third-order valence-electron chi connectivity index (χ3n) is 3.96. The van der Waals surface area contributed by atoms with Gasteiger partial charge in [-0.3, -0.25) is 4.90 Å². The Morgan fingerprint density at radius 1 is 1.00 bits per heavy atom. The molecule has 0 atom stereocenters. The quantitative estimate of drug-likeness (QED) is 0.845. The van der Waals surface area contributed by atoms with Crippen molar-refractivity contribution in [3.63, 3.8) is 0 Å². The first-order chi connectivity index (χ1) is 9.42. The van der Waals surface area contributed by atoms with E-state index < -0.39 is 0 Å². The molecular weight excluding hydrogens is 254 g/mol. The predicted molar refractivity (Wildman–Crippen MR) is 82.9 cm³/mol. The van der Waals surface area contributed by atoms with Gasteiger partial charge in [0.05, 0.1) is 0 Å². The van der Waals surface area contributed by atoms with Gasteiger partial charge in [0.1, 0.15) is 5.82 Å². The number of hydrogen-bond acceptors (Lipinski definition) is 4. The number of thioether (sulfide) groups is 1. The topological polar surface area (TPSA) is 19.4 Å². The molecular formula is C15H23N3S. The fourth-order valence-electron chi connectivity index (χ4n) is 2.86. The summed E-state index contributed by atoms with van der Waals surface area (Å²) in [6, 6.07) is 4.46. The zero-order valence-corrected chi connectivity index (χ0v) is 12.4. The molecule has 2 saturated heterocycles. The summed E-state index contributed by atoms with van der Waals surface area (Å²) < 4.78 is 0. The third kappa shape index (κ3) is 3.63.